The molecular formula is C22H24FN3O4. The Morgan fingerprint density at radius 2 is 2.10 bits per heavy atom. The van der Waals surface area contributed by atoms with Gasteiger partial charge in [-0.1, -0.05) is 0 Å². The molecule has 1 atom stereocenters. The Bertz CT molecular complexity index is 1050. The van der Waals surface area contributed by atoms with Gasteiger partial charge in [-0.3, -0.25) is 0 Å². The number of oxazole rings is 1. The molecule has 4 rings (SSSR count). The van der Waals surface area contributed by atoms with E-state index in [4.69, 9.17) is 13.9 Å². The molecule has 7 nitrogen and oxygen atoms in total. The topological polar surface area (TPSA) is 85.6 Å². The van der Waals surface area contributed by atoms with Gasteiger partial charge in [0.1, 0.15) is 17.9 Å². The van der Waals surface area contributed by atoms with E-state index in [1.165, 1.54) is 6.07 Å². The minimum atomic E-state index is -0.433. The Labute approximate surface area is 173 Å². The fourth-order valence-electron chi connectivity index (χ4n) is 2.92. The van der Waals surface area contributed by atoms with Crippen molar-refractivity contribution >= 4 is 17.1 Å². The zero-order chi connectivity index (χ0) is 21.1. The molecule has 2 amide bonds. The van der Waals surface area contributed by atoms with Crippen molar-refractivity contribution in [1.82, 2.24) is 15.6 Å². The maximum absolute atomic E-state index is 14.4. The molecule has 1 aromatic heterocycles. The number of carbonyl (C=O) groups is 1. The van der Waals surface area contributed by atoms with E-state index in [1.54, 1.807) is 37.4 Å². The van der Waals surface area contributed by atoms with Crippen LogP contribution in [-0.4, -0.2) is 37.3 Å². The summed E-state index contributed by atoms with van der Waals surface area (Å²) in [7, 11) is 1.55. The van der Waals surface area contributed by atoms with Gasteiger partial charge in [-0.05, 0) is 56.0 Å². The average Bonchev–Trinajstić information content (AvgIpc) is 3.47. The van der Waals surface area contributed by atoms with Gasteiger partial charge in [0.15, 0.2) is 17.1 Å². The van der Waals surface area contributed by atoms with Crippen molar-refractivity contribution in [2.45, 2.75) is 25.8 Å². The van der Waals surface area contributed by atoms with Crippen molar-refractivity contribution in [1.29, 1.82) is 0 Å². The second-order valence-electron chi connectivity index (χ2n) is 7.48. The molecule has 1 fully saturated rings. The van der Waals surface area contributed by atoms with Crippen molar-refractivity contribution in [3.63, 3.8) is 0 Å². The Kier molecular flexibility index (Phi) is 5.74. The number of amides is 2. The first kappa shape index (κ1) is 20.0. The van der Waals surface area contributed by atoms with Gasteiger partial charge in [-0.2, -0.15) is 0 Å². The van der Waals surface area contributed by atoms with Crippen LogP contribution >= 0.6 is 0 Å². The molecule has 30 heavy (non-hydrogen) atoms. The second kappa shape index (κ2) is 8.61. The van der Waals surface area contributed by atoms with E-state index in [0.29, 0.717) is 47.4 Å². The van der Waals surface area contributed by atoms with Gasteiger partial charge in [0, 0.05) is 18.7 Å². The van der Waals surface area contributed by atoms with Gasteiger partial charge < -0.3 is 24.5 Å². The highest BCUT2D eigenvalue weighted by Crippen LogP contribution is 2.32. The van der Waals surface area contributed by atoms with Gasteiger partial charge >= 0.3 is 6.03 Å². The standard InChI is InChI=1S/C22H24FN3O4/c1-13(25-22(27)24-2)11-28-16-6-7-18-20(10-16)30-21(26-18)15-5-8-19(17(23)9-15)29-12-14-3-4-14/h5-10,13-14H,3-4,11-12H2,1-2H3,(H2,24,25,27)/t13-/m0/s1. The number of rotatable bonds is 8. The highest BCUT2D eigenvalue weighted by Gasteiger charge is 2.22. The molecule has 0 radical (unpaired) electrons. The summed E-state index contributed by atoms with van der Waals surface area (Å²) in [5, 5.41) is 5.23. The number of nitrogens with zero attached hydrogens (tertiary/aromatic N) is 1. The van der Waals surface area contributed by atoms with Crippen LogP contribution in [0.5, 0.6) is 11.5 Å². The summed E-state index contributed by atoms with van der Waals surface area (Å²) in [4.78, 5) is 15.8. The third-order valence-electron chi connectivity index (χ3n) is 4.81. The fraction of sp³-hybridized carbons (Fsp3) is 0.364. The molecule has 0 spiro atoms. The Morgan fingerprint density at radius 1 is 1.27 bits per heavy atom. The molecule has 2 aromatic carbocycles. The SMILES string of the molecule is CNC(=O)N[C@@H](C)COc1ccc2nc(-c3ccc(OCC4CC4)c(F)c3)oc2c1. The van der Waals surface area contributed by atoms with Crippen molar-refractivity contribution < 1.29 is 23.1 Å². The van der Waals surface area contributed by atoms with E-state index in [1.807, 2.05) is 6.92 Å². The van der Waals surface area contributed by atoms with Gasteiger partial charge in [-0.15, -0.1) is 0 Å². The van der Waals surface area contributed by atoms with Crippen molar-refractivity contribution in [3.8, 4) is 23.0 Å². The number of ether oxygens (including phenoxy) is 2. The van der Waals surface area contributed by atoms with Crippen LogP contribution in [0.25, 0.3) is 22.6 Å². The Balaban J connectivity index is 1.44. The van der Waals surface area contributed by atoms with Crippen LogP contribution in [0, 0.1) is 11.7 Å². The lowest BCUT2D eigenvalue weighted by Crippen LogP contribution is -2.41. The fourth-order valence-corrected chi connectivity index (χ4v) is 2.92. The van der Waals surface area contributed by atoms with Gasteiger partial charge in [0.25, 0.3) is 0 Å². The first-order valence-electron chi connectivity index (χ1n) is 9.96. The predicted molar refractivity (Wildman–Crippen MR) is 110 cm³/mol. The molecule has 0 bridgehead atoms. The largest absolute Gasteiger partial charge is 0.491 e. The van der Waals surface area contributed by atoms with Crippen molar-refractivity contribution in [3.05, 3.63) is 42.2 Å². The van der Waals surface area contributed by atoms with Crippen LogP contribution in [0.2, 0.25) is 0 Å². The van der Waals surface area contributed by atoms with E-state index >= 15 is 0 Å². The lowest BCUT2D eigenvalue weighted by molar-refractivity contribution is 0.228. The molecule has 158 valence electrons. The number of benzene rings is 2. The number of carbonyl (C=O) groups excluding carboxylic acids is 1. The van der Waals surface area contributed by atoms with Crippen LogP contribution < -0.4 is 20.1 Å². The summed E-state index contributed by atoms with van der Waals surface area (Å²) >= 11 is 0. The molecule has 8 heteroatoms. The molecule has 0 saturated heterocycles. The monoisotopic (exact) mass is 413 g/mol. The second-order valence-corrected chi connectivity index (χ2v) is 7.48. The van der Waals surface area contributed by atoms with Crippen LogP contribution in [0.1, 0.15) is 19.8 Å². The number of halogens is 1. The number of hydrogen-bond acceptors (Lipinski definition) is 5. The van der Waals surface area contributed by atoms with E-state index in [-0.39, 0.29) is 17.8 Å². The number of hydrogen-bond donors (Lipinski definition) is 2. The Morgan fingerprint density at radius 3 is 2.83 bits per heavy atom. The van der Waals surface area contributed by atoms with E-state index < -0.39 is 5.82 Å². The third kappa shape index (κ3) is 4.82. The molecule has 3 aromatic rings. The Hall–Kier alpha value is -3.29. The lowest BCUT2D eigenvalue weighted by atomic mass is 10.2. The molecule has 1 heterocycles. The van der Waals surface area contributed by atoms with Crippen molar-refractivity contribution in [2.75, 3.05) is 20.3 Å². The molecule has 0 unspecified atom stereocenters. The zero-order valence-electron chi connectivity index (χ0n) is 16.9. The van der Waals surface area contributed by atoms with Crippen molar-refractivity contribution in [2.24, 2.45) is 5.92 Å². The van der Waals surface area contributed by atoms with Crippen LogP contribution in [0.4, 0.5) is 9.18 Å². The van der Waals surface area contributed by atoms with E-state index in [2.05, 4.69) is 15.6 Å². The predicted octanol–water partition coefficient (Wildman–Crippen LogP) is 4.12. The van der Waals surface area contributed by atoms with Gasteiger partial charge in [-0.25, -0.2) is 14.2 Å². The first-order valence-corrected chi connectivity index (χ1v) is 9.96. The molecule has 1 saturated carbocycles. The molecule has 0 aliphatic heterocycles. The molecule has 2 N–H and O–H groups in total. The third-order valence-corrected chi connectivity index (χ3v) is 4.81. The number of fused-ring (bicyclic) bond motifs is 1. The zero-order valence-corrected chi connectivity index (χ0v) is 16.9. The summed E-state index contributed by atoms with van der Waals surface area (Å²) in [6.45, 7) is 2.69. The highest BCUT2D eigenvalue weighted by molar-refractivity contribution is 5.77. The summed E-state index contributed by atoms with van der Waals surface area (Å²) < 4.78 is 31.4. The maximum Gasteiger partial charge on any atom is 0.314 e. The minimum Gasteiger partial charge on any atom is -0.491 e. The first-order chi connectivity index (χ1) is 14.5. The smallest absolute Gasteiger partial charge is 0.314 e. The van der Waals surface area contributed by atoms with Crippen LogP contribution in [0.15, 0.2) is 40.8 Å². The van der Waals surface area contributed by atoms with Gasteiger partial charge in [0.05, 0.1) is 12.6 Å². The molecule has 1 aliphatic rings. The normalized spacial score (nSPS) is 14.4. The summed E-state index contributed by atoms with van der Waals surface area (Å²) in [5.74, 6) is 1.28. The maximum atomic E-state index is 14.4. The van der Waals surface area contributed by atoms with Crippen LogP contribution in [0.3, 0.4) is 0 Å². The summed E-state index contributed by atoms with van der Waals surface area (Å²) in [5.41, 5.74) is 1.71. The summed E-state index contributed by atoms with van der Waals surface area (Å²) in [6.07, 6.45) is 2.30. The highest BCUT2D eigenvalue weighted by atomic mass is 19.1. The number of aromatic nitrogens is 1. The lowest BCUT2D eigenvalue weighted by Gasteiger charge is -2.14. The quantitative estimate of drug-likeness (QED) is 0.580. The average molecular weight is 413 g/mol. The minimum absolute atomic E-state index is 0.172. The van der Waals surface area contributed by atoms with E-state index in [0.717, 1.165) is 12.8 Å². The summed E-state index contributed by atoms with van der Waals surface area (Å²) in [6, 6.07) is 9.55. The van der Waals surface area contributed by atoms with Crippen LogP contribution in [-0.2, 0) is 0 Å². The number of nitrogens with one attached hydrogen (secondary N) is 2. The molecular weight excluding hydrogens is 389 g/mol. The number of urea groups is 1. The van der Waals surface area contributed by atoms with Gasteiger partial charge in [0.2, 0.25) is 5.89 Å². The molecule has 1 aliphatic carbocycles. The van der Waals surface area contributed by atoms with E-state index in [9.17, 15) is 9.18 Å².